The SMILES string of the molecule is COCCSc1nnc(Nc2ccc(SC(F)F)cc2)s1. The number of benzene rings is 1. The van der Waals surface area contributed by atoms with Crippen molar-refractivity contribution in [1.29, 1.82) is 0 Å². The lowest BCUT2D eigenvalue weighted by Gasteiger charge is -2.03. The zero-order chi connectivity index (χ0) is 15.1. The third-order valence-corrected chi connectivity index (χ3v) is 4.91. The molecule has 0 atom stereocenters. The summed E-state index contributed by atoms with van der Waals surface area (Å²) in [6.07, 6.45) is 0. The van der Waals surface area contributed by atoms with Crippen molar-refractivity contribution in [2.45, 2.75) is 15.0 Å². The van der Waals surface area contributed by atoms with Crippen LogP contribution in [0.2, 0.25) is 0 Å². The molecule has 2 aromatic rings. The van der Waals surface area contributed by atoms with Gasteiger partial charge >= 0.3 is 0 Å². The predicted octanol–water partition coefficient (Wildman–Crippen LogP) is 4.33. The van der Waals surface area contributed by atoms with Crippen LogP contribution in [-0.2, 0) is 4.74 Å². The maximum atomic E-state index is 12.2. The molecule has 0 saturated heterocycles. The molecule has 1 aromatic heterocycles. The first kappa shape index (κ1) is 16.5. The number of alkyl halides is 2. The van der Waals surface area contributed by atoms with Crippen LogP contribution >= 0.6 is 34.9 Å². The number of halogens is 2. The van der Waals surface area contributed by atoms with E-state index in [1.807, 2.05) is 0 Å². The van der Waals surface area contributed by atoms with Crippen LogP contribution in [-0.4, -0.2) is 35.4 Å². The fourth-order valence-corrected chi connectivity index (χ4v) is 3.62. The van der Waals surface area contributed by atoms with Gasteiger partial charge in [-0.1, -0.05) is 34.9 Å². The second-order valence-electron chi connectivity index (χ2n) is 3.74. The third kappa shape index (κ3) is 5.77. The number of rotatable bonds is 8. The van der Waals surface area contributed by atoms with Crippen LogP contribution in [0.4, 0.5) is 19.6 Å². The van der Waals surface area contributed by atoms with Crippen molar-refractivity contribution in [2.75, 3.05) is 24.8 Å². The van der Waals surface area contributed by atoms with Gasteiger partial charge in [-0.2, -0.15) is 8.78 Å². The zero-order valence-corrected chi connectivity index (χ0v) is 13.5. The molecule has 0 aliphatic heterocycles. The molecule has 21 heavy (non-hydrogen) atoms. The zero-order valence-electron chi connectivity index (χ0n) is 11.1. The maximum Gasteiger partial charge on any atom is 0.288 e. The molecule has 0 saturated carbocycles. The number of thioether (sulfide) groups is 2. The quantitative estimate of drug-likeness (QED) is 0.565. The minimum atomic E-state index is -2.40. The fourth-order valence-electron chi connectivity index (χ4n) is 1.37. The molecule has 2 rings (SSSR count). The Morgan fingerprint density at radius 2 is 2.05 bits per heavy atom. The number of hydrogen-bond acceptors (Lipinski definition) is 7. The average Bonchev–Trinajstić information content (AvgIpc) is 2.88. The van der Waals surface area contributed by atoms with Crippen molar-refractivity contribution in [3.63, 3.8) is 0 Å². The van der Waals surface area contributed by atoms with Crippen LogP contribution in [0, 0.1) is 0 Å². The normalized spacial score (nSPS) is 11.0. The van der Waals surface area contributed by atoms with Crippen LogP contribution in [0.3, 0.4) is 0 Å². The monoisotopic (exact) mass is 349 g/mol. The van der Waals surface area contributed by atoms with E-state index in [1.165, 1.54) is 11.3 Å². The van der Waals surface area contributed by atoms with Crippen LogP contribution in [0.5, 0.6) is 0 Å². The van der Waals surface area contributed by atoms with Crippen molar-refractivity contribution in [2.24, 2.45) is 0 Å². The number of nitrogens with one attached hydrogen (secondary N) is 1. The molecule has 0 aliphatic carbocycles. The Kier molecular flexibility index (Phi) is 6.68. The summed E-state index contributed by atoms with van der Waals surface area (Å²) in [4.78, 5) is 0.531. The lowest BCUT2D eigenvalue weighted by atomic mass is 10.3. The summed E-state index contributed by atoms with van der Waals surface area (Å²) in [6, 6.07) is 6.77. The van der Waals surface area contributed by atoms with Crippen molar-refractivity contribution >= 4 is 45.7 Å². The number of aromatic nitrogens is 2. The van der Waals surface area contributed by atoms with Gasteiger partial charge in [0, 0.05) is 23.4 Å². The van der Waals surface area contributed by atoms with Gasteiger partial charge < -0.3 is 10.1 Å². The molecule has 0 radical (unpaired) electrons. The maximum absolute atomic E-state index is 12.2. The van der Waals surface area contributed by atoms with E-state index in [0.29, 0.717) is 28.4 Å². The fraction of sp³-hybridized carbons (Fsp3) is 0.333. The Morgan fingerprint density at radius 1 is 1.29 bits per heavy atom. The van der Waals surface area contributed by atoms with Crippen molar-refractivity contribution in [3.05, 3.63) is 24.3 Å². The topological polar surface area (TPSA) is 47.0 Å². The highest BCUT2D eigenvalue weighted by Crippen LogP contribution is 2.29. The molecule has 0 amide bonds. The molecule has 114 valence electrons. The summed E-state index contributed by atoms with van der Waals surface area (Å²) in [7, 11) is 1.66. The second-order valence-corrected chi connectivity index (χ2v) is 7.13. The van der Waals surface area contributed by atoms with Gasteiger partial charge in [-0.3, -0.25) is 0 Å². The first-order chi connectivity index (χ1) is 10.2. The Hall–Kier alpha value is -0.900. The van der Waals surface area contributed by atoms with E-state index in [0.717, 1.165) is 15.8 Å². The lowest BCUT2D eigenvalue weighted by molar-refractivity contribution is 0.218. The Morgan fingerprint density at radius 3 is 2.71 bits per heavy atom. The summed E-state index contributed by atoms with van der Waals surface area (Å²) in [5.74, 6) is -1.58. The molecule has 0 spiro atoms. The minimum absolute atomic E-state index is 0.527. The van der Waals surface area contributed by atoms with Crippen molar-refractivity contribution < 1.29 is 13.5 Å². The number of anilines is 2. The Balaban J connectivity index is 1.89. The highest BCUT2D eigenvalue weighted by Gasteiger charge is 2.07. The lowest BCUT2D eigenvalue weighted by Crippen LogP contribution is -1.90. The van der Waals surface area contributed by atoms with E-state index < -0.39 is 5.76 Å². The van der Waals surface area contributed by atoms with Gasteiger partial charge in [0.05, 0.1) is 6.61 Å². The van der Waals surface area contributed by atoms with E-state index in [-0.39, 0.29) is 0 Å². The summed E-state index contributed by atoms with van der Waals surface area (Å²) < 4.78 is 30.3. The number of hydrogen-bond donors (Lipinski definition) is 1. The van der Waals surface area contributed by atoms with Gasteiger partial charge in [0.2, 0.25) is 5.13 Å². The van der Waals surface area contributed by atoms with E-state index in [1.54, 1.807) is 43.1 Å². The van der Waals surface area contributed by atoms with Gasteiger partial charge in [-0.15, -0.1) is 10.2 Å². The minimum Gasteiger partial charge on any atom is -0.384 e. The van der Waals surface area contributed by atoms with E-state index in [2.05, 4.69) is 15.5 Å². The highest BCUT2D eigenvalue weighted by atomic mass is 32.2. The van der Waals surface area contributed by atoms with Gasteiger partial charge in [-0.25, -0.2) is 0 Å². The molecule has 1 heterocycles. The molecule has 1 N–H and O–H groups in total. The molecular formula is C12H13F2N3OS3. The Labute approximate surface area is 133 Å². The number of ether oxygens (including phenoxy) is 1. The van der Waals surface area contributed by atoms with Gasteiger partial charge in [-0.05, 0) is 24.3 Å². The van der Waals surface area contributed by atoms with Crippen LogP contribution in [0.1, 0.15) is 0 Å². The number of methoxy groups -OCH3 is 1. The van der Waals surface area contributed by atoms with Gasteiger partial charge in [0.1, 0.15) is 0 Å². The first-order valence-electron chi connectivity index (χ1n) is 5.94. The molecule has 0 bridgehead atoms. The van der Waals surface area contributed by atoms with Crippen LogP contribution in [0.15, 0.2) is 33.5 Å². The standard InChI is InChI=1S/C12H13F2N3OS3/c1-18-6-7-19-12-17-16-11(21-12)15-8-2-4-9(5-3-8)20-10(13)14/h2-5,10H,6-7H2,1H3,(H,15,16). The first-order valence-corrected chi connectivity index (χ1v) is 8.62. The smallest absolute Gasteiger partial charge is 0.288 e. The molecule has 1 aromatic carbocycles. The Bertz CT molecular complexity index is 551. The molecule has 0 fully saturated rings. The summed E-state index contributed by atoms with van der Waals surface area (Å²) in [5, 5.41) is 11.9. The predicted molar refractivity (Wildman–Crippen MR) is 84.1 cm³/mol. The average molecular weight is 349 g/mol. The molecule has 0 unspecified atom stereocenters. The van der Waals surface area contributed by atoms with Gasteiger partial charge in [0.25, 0.3) is 5.76 Å². The van der Waals surface area contributed by atoms with Crippen LogP contribution < -0.4 is 5.32 Å². The van der Waals surface area contributed by atoms with Crippen molar-refractivity contribution in [1.82, 2.24) is 10.2 Å². The van der Waals surface area contributed by atoms with Gasteiger partial charge in [0.15, 0.2) is 4.34 Å². The third-order valence-electron chi connectivity index (χ3n) is 2.25. The van der Waals surface area contributed by atoms with Crippen molar-refractivity contribution in [3.8, 4) is 0 Å². The molecular weight excluding hydrogens is 336 g/mol. The molecule has 9 heteroatoms. The van der Waals surface area contributed by atoms with E-state index in [4.69, 9.17) is 4.74 Å². The molecule has 4 nitrogen and oxygen atoms in total. The molecule has 0 aliphatic rings. The highest BCUT2D eigenvalue weighted by molar-refractivity contribution is 8.01. The summed E-state index contributed by atoms with van der Waals surface area (Å²) in [6.45, 7) is 0.663. The van der Waals surface area contributed by atoms with E-state index >= 15 is 0 Å². The largest absolute Gasteiger partial charge is 0.384 e. The van der Waals surface area contributed by atoms with Crippen LogP contribution in [0.25, 0.3) is 0 Å². The summed E-state index contributed by atoms with van der Waals surface area (Å²) in [5.41, 5.74) is 0.790. The van der Waals surface area contributed by atoms with E-state index in [9.17, 15) is 8.78 Å². The second kappa shape index (κ2) is 8.52. The summed E-state index contributed by atoms with van der Waals surface area (Å²) >= 11 is 3.55. The number of nitrogens with zero attached hydrogens (tertiary/aromatic N) is 2.